The molecule has 0 radical (unpaired) electrons. The molecule has 13 N–H and O–H groups in total. The second-order valence-electron chi connectivity index (χ2n) is 13.9. The van der Waals surface area contributed by atoms with Crippen molar-refractivity contribution in [1.82, 2.24) is 26.6 Å². The normalized spacial score (nSPS) is 13.9. The maximum Gasteiger partial charge on any atom is 0.243 e. The Hall–Kier alpha value is -5.12. The lowest BCUT2D eigenvalue weighted by atomic mass is 10.00. The molecule has 2 aromatic rings. The smallest absolute Gasteiger partial charge is 0.243 e. The lowest BCUT2D eigenvalue weighted by Crippen LogP contribution is -2.60. The van der Waals surface area contributed by atoms with Gasteiger partial charge in [0.1, 0.15) is 30.2 Å². The van der Waals surface area contributed by atoms with Crippen LogP contribution in [-0.4, -0.2) is 85.3 Å². The van der Waals surface area contributed by atoms with Gasteiger partial charge >= 0.3 is 0 Å². The van der Waals surface area contributed by atoms with Crippen molar-refractivity contribution in [2.45, 2.75) is 102 Å². The van der Waals surface area contributed by atoms with Gasteiger partial charge in [0.15, 0.2) is 0 Å². The molecule has 0 aliphatic carbocycles. The van der Waals surface area contributed by atoms with Gasteiger partial charge in [-0.2, -0.15) is 0 Å². The van der Waals surface area contributed by atoms with Crippen molar-refractivity contribution in [3.63, 3.8) is 0 Å². The van der Waals surface area contributed by atoms with Crippen molar-refractivity contribution in [2.75, 3.05) is 19.6 Å². The van der Waals surface area contributed by atoms with Crippen LogP contribution in [0, 0.1) is 5.92 Å². The van der Waals surface area contributed by atoms with Crippen LogP contribution in [0.5, 0.6) is 0 Å². The number of allylic oxidation sites excluding steroid dienone is 1. The van der Waals surface area contributed by atoms with Crippen molar-refractivity contribution in [1.29, 1.82) is 0 Å². The van der Waals surface area contributed by atoms with Crippen molar-refractivity contribution < 1.29 is 28.8 Å². The van der Waals surface area contributed by atoms with Gasteiger partial charge in [0.05, 0.1) is 0 Å². The predicted molar refractivity (Wildman–Crippen MR) is 214 cm³/mol. The summed E-state index contributed by atoms with van der Waals surface area (Å²) in [6.45, 7) is 6.04. The van der Waals surface area contributed by atoms with Crippen LogP contribution in [0.3, 0.4) is 0 Å². The van der Waals surface area contributed by atoms with E-state index in [1.165, 1.54) is 5.56 Å². The Labute approximate surface area is 324 Å². The zero-order valence-corrected chi connectivity index (χ0v) is 32.4. The average molecular weight is 764 g/mol. The van der Waals surface area contributed by atoms with Crippen molar-refractivity contribution in [2.24, 2.45) is 28.9 Å². The molecule has 15 nitrogen and oxygen atoms in total. The van der Waals surface area contributed by atoms with Crippen LogP contribution in [0.25, 0.3) is 6.08 Å². The van der Waals surface area contributed by atoms with Gasteiger partial charge in [0, 0.05) is 12.8 Å². The number of carbonyl (C=O) groups excluding carboxylic acids is 6. The van der Waals surface area contributed by atoms with Crippen molar-refractivity contribution in [3.8, 4) is 0 Å². The predicted octanol–water partition coefficient (Wildman–Crippen LogP) is 0.287. The Kier molecular flexibility index (Phi) is 21.0. The monoisotopic (exact) mass is 763 g/mol. The van der Waals surface area contributed by atoms with E-state index in [4.69, 9.17) is 22.9 Å². The second-order valence-corrected chi connectivity index (χ2v) is 13.9. The maximum absolute atomic E-state index is 13.8. The van der Waals surface area contributed by atoms with Crippen LogP contribution >= 0.6 is 0 Å². The first-order chi connectivity index (χ1) is 26.3. The Morgan fingerprint density at radius 3 is 1.65 bits per heavy atom. The summed E-state index contributed by atoms with van der Waals surface area (Å²) in [7, 11) is 0. The number of carbonyl (C=O) groups is 6. The van der Waals surface area contributed by atoms with Crippen LogP contribution in [0.15, 0.2) is 60.7 Å². The number of aryl methyl sites for hydroxylation is 1. The number of nitrogens with one attached hydrogen (secondary N) is 5. The van der Waals surface area contributed by atoms with Gasteiger partial charge in [-0.3, -0.25) is 28.8 Å². The molecule has 6 amide bonds. The highest BCUT2D eigenvalue weighted by Gasteiger charge is 2.32. The lowest BCUT2D eigenvalue weighted by molar-refractivity contribution is -0.135. The Morgan fingerprint density at radius 2 is 1.11 bits per heavy atom. The fourth-order valence-electron chi connectivity index (χ4n) is 5.74. The van der Waals surface area contributed by atoms with E-state index in [2.05, 4.69) is 45.6 Å². The molecule has 2 aromatic carbocycles. The summed E-state index contributed by atoms with van der Waals surface area (Å²) in [5.74, 6) is -3.78. The second kappa shape index (κ2) is 25.1. The minimum atomic E-state index is -1.14. The SMILES string of the molecule is CCc1ccc(/C=C/CCC(=O)N[C@H](CCN)C(=O)N[C@@H](CCN)C(=O)N[C@@H](CC(C)C)C(=O)N[C@H](Cc2ccccc2)C(=O)N[C@@H](CCN)C(N)=O)cc1. The number of nitrogens with two attached hydrogens (primary N) is 4. The number of rotatable bonds is 25. The van der Waals surface area contributed by atoms with E-state index in [9.17, 15) is 28.8 Å². The van der Waals surface area contributed by atoms with Gasteiger partial charge in [-0.1, -0.05) is 87.5 Å². The Morgan fingerprint density at radius 1 is 0.618 bits per heavy atom. The summed E-state index contributed by atoms with van der Waals surface area (Å²) in [5, 5.41) is 13.4. The van der Waals surface area contributed by atoms with Crippen LogP contribution < -0.4 is 49.5 Å². The molecular weight excluding hydrogens is 702 g/mol. The van der Waals surface area contributed by atoms with Crippen molar-refractivity contribution in [3.05, 3.63) is 77.4 Å². The number of hydrogen-bond acceptors (Lipinski definition) is 9. The molecule has 0 unspecified atom stereocenters. The van der Waals surface area contributed by atoms with Gasteiger partial charge < -0.3 is 49.5 Å². The van der Waals surface area contributed by atoms with E-state index in [1.54, 1.807) is 24.3 Å². The minimum Gasteiger partial charge on any atom is -0.368 e. The van der Waals surface area contributed by atoms with Gasteiger partial charge in [0.25, 0.3) is 0 Å². The summed E-state index contributed by atoms with van der Waals surface area (Å²) in [6.07, 6.45) is 5.90. The first-order valence-corrected chi connectivity index (χ1v) is 19.0. The fourth-order valence-corrected chi connectivity index (χ4v) is 5.74. The van der Waals surface area contributed by atoms with Crippen LogP contribution in [-0.2, 0) is 41.6 Å². The highest BCUT2D eigenvalue weighted by molar-refractivity contribution is 5.96. The van der Waals surface area contributed by atoms with E-state index in [1.807, 2.05) is 44.2 Å². The molecule has 0 aliphatic rings. The molecule has 0 fully saturated rings. The van der Waals surface area contributed by atoms with Crippen LogP contribution in [0.1, 0.15) is 76.0 Å². The molecule has 0 spiro atoms. The van der Waals surface area contributed by atoms with E-state index in [-0.39, 0.29) is 70.0 Å². The summed E-state index contributed by atoms with van der Waals surface area (Å²) in [4.78, 5) is 79.1. The summed E-state index contributed by atoms with van der Waals surface area (Å²) in [6, 6.07) is 11.7. The largest absolute Gasteiger partial charge is 0.368 e. The molecule has 0 saturated heterocycles. The molecule has 0 saturated carbocycles. The summed E-state index contributed by atoms with van der Waals surface area (Å²) < 4.78 is 0. The summed E-state index contributed by atoms with van der Waals surface area (Å²) in [5.41, 5.74) is 25.6. The molecule has 0 aromatic heterocycles. The summed E-state index contributed by atoms with van der Waals surface area (Å²) >= 11 is 0. The molecule has 5 atom stereocenters. The molecule has 0 heterocycles. The maximum atomic E-state index is 13.8. The molecule has 0 aliphatic heterocycles. The number of primary amides is 1. The molecule has 0 bridgehead atoms. The standard InChI is InChI=1S/C40H61N9O6/c1-4-27-14-16-28(17-15-27)10-8-9-13-35(50)45-31(19-22-42)37(52)47-32(20-23-43)38(53)48-33(24-26(2)3)39(54)49-34(25-29-11-6-5-7-12-29)40(55)46-30(18-21-41)36(44)51/h5-8,10-12,14-17,26,30-34H,4,9,13,18-25,41-43H2,1-3H3,(H2,44,51)(H,45,50)(H,46,55)(H,47,52)(H,48,53)(H,49,54)/b10-8+/t30-,31+,32-,33-,34+/m0/s1. The molecule has 302 valence electrons. The molecular formula is C40H61N9O6. The van der Waals surface area contributed by atoms with E-state index >= 15 is 0 Å². The van der Waals surface area contributed by atoms with E-state index in [0.717, 1.165) is 17.5 Å². The average Bonchev–Trinajstić information content (AvgIpc) is 3.15. The van der Waals surface area contributed by atoms with E-state index < -0.39 is 59.7 Å². The van der Waals surface area contributed by atoms with Gasteiger partial charge in [0.2, 0.25) is 35.4 Å². The molecule has 2 rings (SSSR count). The number of benzene rings is 2. The zero-order valence-electron chi connectivity index (χ0n) is 32.4. The van der Waals surface area contributed by atoms with Crippen LogP contribution in [0.4, 0.5) is 0 Å². The topological polar surface area (TPSA) is 267 Å². The van der Waals surface area contributed by atoms with Gasteiger partial charge in [-0.25, -0.2) is 0 Å². The Bertz CT molecular complexity index is 1550. The fraction of sp³-hybridized carbons (Fsp3) is 0.500. The third kappa shape index (κ3) is 17.3. The number of hydrogen-bond donors (Lipinski definition) is 9. The van der Waals surface area contributed by atoms with Gasteiger partial charge in [-0.15, -0.1) is 0 Å². The van der Waals surface area contributed by atoms with Crippen LogP contribution in [0.2, 0.25) is 0 Å². The zero-order chi connectivity index (χ0) is 40.8. The molecule has 15 heteroatoms. The minimum absolute atomic E-state index is 0.0317. The lowest BCUT2D eigenvalue weighted by Gasteiger charge is -2.27. The highest BCUT2D eigenvalue weighted by atomic mass is 16.2. The van der Waals surface area contributed by atoms with Crippen molar-refractivity contribution >= 4 is 41.5 Å². The Balaban J connectivity index is 2.15. The molecule has 55 heavy (non-hydrogen) atoms. The van der Waals surface area contributed by atoms with Gasteiger partial charge in [-0.05, 0) is 80.8 Å². The first-order valence-electron chi connectivity index (χ1n) is 19.0. The first kappa shape index (κ1) is 46.0. The number of amides is 6. The third-order valence-corrected chi connectivity index (χ3v) is 8.80. The highest BCUT2D eigenvalue weighted by Crippen LogP contribution is 2.11. The van der Waals surface area contributed by atoms with E-state index in [0.29, 0.717) is 6.42 Å². The quantitative estimate of drug-likeness (QED) is 0.0672. The third-order valence-electron chi connectivity index (χ3n) is 8.80.